The van der Waals surface area contributed by atoms with E-state index in [0.717, 1.165) is 9.37 Å². The second-order valence-electron chi connectivity index (χ2n) is 3.73. The topological polar surface area (TPSA) is 47.8 Å². The first-order valence-corrected chi connectivity index (χ1v) is 7.16. The molecule has 4 nitrogen and oxygen atoms in total. The SMILES string of the molecule is Cn1ncnc1CC(=O)CSc1ccccc1Br. The van der Waals surface area contributed by atoms with Gasteiger partial charge in [-0.25, -0.2) is 4.98 Å². The Kier molecular flexibility index (Phi) is 4.54. The lowest BCUT2D eigenvalue weighted by atomic mass is 10.3. The quantitative estimate of drug-likeness (QED) is 0.792. The van der Waals surface area contributed by atoms with Gasteiger partial charge in [0.2, 0.25) is 0 Å². The summed E-state index contributed by atoms with van der Waals surface area (Å²) in [6.45, 7) is 0. The molecule has 1 aromatic heterocycles. The third-order valence-corrected chi connectivity index (χ3v) is 4.47. The molecule has 2 rings (SSSR count). The van der Waals surface area contributed by atoms with Gasteiger partial charge in [0, 0.05) is 16.4 Å². The van der Waals surface area contributed by atoms with Crippen LogP contribution in [0.15, 0.2) is 40.0 Å². The molecule has 0 fully saturated rings. The molecule has 6 heteroatoms. The highest BCUT2D eigenvalue weighted by molar-refractivity contribution is 9.10. The highest BCUT2D eigenvalue weighted by Crippen LogP contribution is 2.26. The number of carbonyl (C=O) groups is 1. The minimum atomic E-state index is 0.145. The summed E-state index contributed by atoms with van der Waals surface area (Å²) in [6, 6.07) is 7.87. The molecule has 2 aromatic rings. The summed E-state index contributed by atoms with van der Waals surface area (Å²) < 4.78 is 2.64. The molecule has 0 unspecified atom stereocenters. The summed E-state index contributed by atoms with van der Waals surface area (Å²) in [5.74, 6) is 1.29. The van der Waals surface area contributed by atoms with Gasteiger partial charge in [0.25, 0.3) is 0 Å². The zero-order valence-corrected chi connectivity index (χ0v) is 12.2. The molecule has 1 aromatic carbocycles. The summed E-state index contributed by atoms with van der Waals surface area (Å²) >= 11 is 4.99. The molecule has 0 saturated carbocycles. The van der Waals surface area contributed by atoms with Crippen LogP contribution in [-0.4, -0.2) is 26.3 Å². The molecule has 0 aliphatic carbocycles. The number of Topliss-reactive ketones (excluding diaryl/α,β-unsaturated/α-hetero) is 1. The minimum Gasteiger partial charge on any atom is -0.298 e. The van der Waals surface area contributed by atoms with Gasteiger partial charge in [0.1, 0.15) is 12.2 Å². The van der Waals surface area contributed by atoms with Crippen LogP contribution in [0.25, 0.3) is 0 Å². The lowest BCUT2D eigenvalue weighted by molar-refractivity contribution is -0.116. The summed E-state index contributed by atoms with van der Waals surface area (Å²) in [6.07, 6.45) is 1.79. The van der Waals surface area contributed by atoms with Crippen molar-refractivity contribution in [3.63, 3.8) is 0 Å². The molecular weight excluding hydrogens is 314 g/mol. The van der Waals surface area contributed by atoms with Crippen molar-refractivity contribution in [1.29, 1.82) is 0 Å². The van der Waals surface area contributed by atoms with Crippen LogP contribution in [-0.2, 0) is 18.3 Å². The van der Waals surface area contributed by atoms with Crippen molar-refractivity contribution in [2.75, 3.05) is 5.75 Å². The third-order valence-electron chi connectivity index (χ3n) is 2.39. The van der Waals surface area contributed by atoms with E-state index in [-0.39, 0.29) is 5.78 Å². The van der Waals surface area contributed by atoms with Crippen molar-refractivity contribution in [2.45, 2.75) is 11.3 Å². The maximum Gasteiger partial charge on any atom is 0.150 e. The van der Waals surface area contributed by atoms with E-state index in [0.29, 0.717) is 18.0 Å². The van der Waals surface area contributed by atoms with E-state index in [1.165, 1.54) is 18.1 Å². The van der Waals surface area contributed by atoms with Gasteiger partial charge in [-0.15, -0.1) is 11.8 Å². The third kappa shape index (κ3) is 3.43. The minimum absolute atomic E-state index is 0.145. The van der Waals surface area contributed by atoms with E-state index < -0.39 is 0 Å². The highest BCUT2D eigenvalue weighted by Gasteiger charge is 2.09. The maximum absolute atomic E-state index is 11.8. The van der Waals surface area contributed by atoms with Crippen LogP contribution in [0.5, 0.6) is 0 Å². The molecule has 0 bridgehead atoms. The smallest absolute Gasteiger partial charge is 0.150 e. The van der Waals surface area contributed by atoms with E-state index in [1.807, 2.05) is 24.3 Å². The van der Waals surface area contributed by atoms with Crippen LogP contribution in [0.2, 0.25) is 0 Å². The first kappa shape index (κ1) is 13.3. The number of thioether (sulfide) groups is 1. The summed E-state index contributed by atoms with van der Waals surface area (Å²) in [5.41, 5.74) is 0. The molecule has 0 N–H and O–H groups in total. The largest absolute Gasteiger partial charge is 0.298 e. The molecule has 0 radical (unpaired) electrons. The van der Waals surface area contributed by atoms with Gasteiger partial charge >= 0.3 is 0 Å². The highest BCUT2D eigenvalue weighted by atomic mass is 79.9. The van der Waals surface area contributed by atoms with E-state index in [9.17, 15) is 4.79 Å². The Hall–Kier alpha value is -1.14. The van der Waals surface area contributed by atoms with Crippen molar-refractivity contribution >= 4 is 33.5 Å². The number of rotatable bonds is 5. The number of aromatic nitrogens is 3. The Bertz CT molecular complexity index is 556. The Morgan fingerprint density at radius 3 is 2.89 bits per heavy atom. The van der Waals surface area contributed by atoms with Crippen molar-refractivity contribution in [1.82, 2.24) is 14.8 Å². The van der Waals surface area contributed by atoms with Crippen LogP contribution in [0, 0.1) is 0 Å². The zero-order valence-electron chi connectivity index (χ0n) is 9.84. The number of hydrogen-bond acceptors (Lipinski definition) is 4. The van der Waals surface area contributed by atoms with Crippen molar-refractivity contribution < 1.29 is 4.79 Å². The van der Waals surface area contributed by atoms with Crippen molar-refractivity contribution in [3.05, 3.63) is 40.9 Å². The number of halogens is 1. The van der Waals surface area contributed by atoms with Gasteiger partial charge in [-0.05, 0) is 28.1 Å². The lowest BCUT2D eigenvalue weighted by Gasteiger charge is -2.03. The second-order valence-corrected chi connectivity index (χ2v) is 5.61. The fourth-order valence-corrected chi connectivity index (χ4v) is 2.86. The number of ketones is 1. The lowest BCUT2D eigenvalue weighted by Crippen LogP contribution is -2.10. The van der Waals surface area contributed by atoms with E-state index >= 15 is 0 Å². The van der Waals surface area contributed by atoms with Gasteiger partial charge in [0.15, 0.2) is 5.78 Å². The molecule has 1 heterocycles. The van der Waals surface area contributed by atoms with Gasteiger partial charge < -0.3 is 0 Å². The number of benzene rings is 1. The molecule has 0 amide bonds. The van der Waals surface area contributed by atoms with Crippen molar-refractivity contribution in [3.8, 4) is 0 Å². The van der Waals surface area contributed by atoms with Crippen LogP contribution >= 0.6 is 27.7 Å². The van der Waals surface area contributed by atoms with Crippen LogP contribution < -0.4 is 0 Å². The average molecular weight is 326 g/mol. The molecule has 0 spiro atoms. The predicted octanol–water partition coefficient (Wildman–Crippen LogP) is 2.48. The van der Waals surface area contributed by atoms with Crippen LogP contribution in [0.3, 0.4) is 0 Å². The Balaban J connectivity index is 1.90. The molecule has 0 aliphatic heterocycles. The molecule has 94 valence electrons. The van der Waals surface area contributed by atoms with Gasteiger partial charge in [0.05, 0.1) is 12.2 Å². The Labute approximate surface area is 118 Å². The molecule has 18 heavy (non-hydrogen) atoms. The Morgan fingerprint density at radius 1 is 1.44 bits per heavy atom. The van der Waals surface area contributed by atoms with E-state index in [4.69, 9.17) is 0 Å². The van der Waals surface area contributed by atoms with Gasteiger partial charge in [-0.2, -0.15) is 5.10 Å². The van der Waals surface area contributed by atoms with Crippen molar-refractivity contribution in [2.24, 2.45) is 7.05 Å². The monoisotopic (exact) mass is 325 g/mol. The first-order chi connectivity index (χ1) is 8.66. The maximum atomic E-state index is 11.8. The van der Waals surface area contributed by atoms with E-state index in [2.05, 4.69) is 26.0 Å². The molecular formula is C12H12BrN3OS. The molecule has 0 aliphatic rings. The second kappa shape index (κ2) is 6.15. The van der Waals surface area contributed by atoms with Crippen LogP contribution in [0.1, 0.15) is 5.82 Å². The summed E-state index contributed by atoms with van der Waals surface area (Å²) in [7, 11) is 1.79. The van der Waals surface area contributed by atoms with Gasteiger partial charge in [-0.1, -0.05) is 12.1 Å². The Morgan fingerprint density at radius 2 is 2.22 bits per heavy atom. The molecule has 0 saturated heterocycles. The number of nitrogens with zero attached hydrogens (tertiary/aromatic N) is 3. The standard InChI is InChI=1S/C12H12BrN3OS/c1-16-12(14-8-15-16)6-9(17)7-18-11-5-3-2-4-10(11)13/h2-5,8H,6-7H2,1H3. The number of hydrogen-bond donors (Lipinski definition) is 0. The number of carbonyl (C=O) groups excluding carboxylic acids is 1. The predicted molar refractivity (Wildman–Crippen MR) is 74.6 cm³/mol. The summed E-state index contributed by atoms with van der Waals surface area (Å²) in [5, 5.41) is 3.94. The fraction of sp³-hybridized carbons (Fsp3) is 0.250. The van der Waals surface area contributed by atoms with Gasteiger partial charge in [-0.3, -0.25) is 9.48 Å². The zero-order chi connectivity index (χ0) is 13.0. The molecule has 0 atom stereocenters. The fourth-order valence-electron chi connectivity index (χ4n) is 1.43. The normalized spacial score (nSPS) is 10.6. The summed E-state index contributed by atoms with van der Waals surface area (Å²) in [4.78, 5) is 16.9. The first-order valence-electron chi connectivity index (χ1n) is 5.38. The van der Waals surface area contributed by atoms with E-state index in [1.54, 1.807) is 11.7 Å². The number of aryl methyl sites for hydroxylation is 1. The van der Waals surface area contributed by atoms with Crippen LogP contribution in [0.4, 0.5) is 0 Å². The average Bonchev–Trinajstić information content (AvgIpc) is 2.74.